The Kier molecular flexibility index (Phi) is 8.64. The van der Waals surface area contributed by atoms with Crippen LogP contribution in [0, 0.1) is 0 Å². The van der Waals surface area contributed by atoms with Crippen LogP contribution < -0.4 is 19.7 Å². The number of ether oxygens (including phenoxy) is 2. The third kappa shape index (κ3) is 6.59. The van der Waals surface area contributed by atoms with Crippen LogP contribution in [0.15, 0.2) is 60.7 Å². The van der Waals surface area contributed by atoms with E-state index in [1.807, 2.05) is 85.7 Å². The number of hydrogen-bond acceptors (Lipinski definition) is 5. The molecule has 0 aliphatic heterocycles. The summed E-state index contributed by atoms with van der Waals surface area (Å²) in [7, 11) is 7.25. The van der Waals surface area contributed by atoms with Gasteiger partial charge in [-0.2, -0.15) is 0 Å². The van der Waals surface area contributed by atoms with Crippen LogP contribution in [0.1, 0.15) is 16.7 Å². The quantitative estimate of drug-likeness (QED) is 0.441. The first-order chi connectivity index (χ1) is 14.5. The van der Waals surface area contributed by atoms with Crippen molar-refractivity contribution in [2.24, 2.45) is 0 Å². The van der Waals surface area contributed by atoms with E-state index < -0.39 is 0 Å². The molecule has 3 aromatic carbocycles. The maximum absolute atomic E-state index is 10.1. The molecule has 0 saturated carbocycles. The maximum atomic E-state index is 10.1. The highest BCUT2D eigenvalue weighted by atomic mass is 35.5. The normalized spacial score (nSPS) is 10.5. The molecule has 6 heteroatoms. The number of phenolic OH excluding ortho intramolecular Hbond substituents is 1. The summed E-state index contributed by atoms with van der Waals surface area (Å²) in [5.41, 5.74) is 4.99. The van der Waals surface area contributed by atoms with E-state index in [0.29, 0.717) is 12.3 Å². The number of nitrogens with zero attached hydrogens (tertiary/aromatic N) is 1. The topological polar surface area (TPSA) is 54.0 Å². The van der Waals surface area contributed by atoms with Crippen LogP contribution in [0.4, 0.5) is 11.4 Å². The Labute approximate surface area is 190 Å². The third-order valence-electron chi connectivity index (χ3n) is 4.82. The number of methoxy groups -OCH3 is 2. The van der Waals surface area contributed by atoms with Crippen molar-refractivity contribution in [3.05, 3.63) is 77.4 Å². The van der Waals surface area contributed by atoms with Crippen molar-refractivity contribution < 1.29 is 14.6 Å². The summed E-state index contributed by atoms with van der Waals surface area (Å²) < 4.78 is 10.6. The smallest absolute Gasteiger partial charge is 0.123 e. The average molecular weight is 441 g/mol. The Morgan fingerprint density at radius 3 is 2.03 bits per heavy atom. The number of phenols is 1. The molecule has 0 amide bonds. The van der Waals surface area contributed by atoms with Crippen LogP contribution in [0.25, 0.3) is 12.2 Å². The van der Waals surface area contributed by atoms with Gasteiger partial charge in [0, 0.05) is 43.6 Å². The van der Waals surface area contributed by atoms with Gasteiger partial charge in [0.15, 0.2) is 0 Å². The fourth-order valence-electron chi connectivity index (χ4n) is 3.02. The highest BCUT2D eigenvalue weighted by Gasteiger charge is 2.04. The molecule has 0 spiro atoms. The Bertz CT molecular complexity index is 996. The zero-order chi connectivity index (χ0) is 21.5. The zero-order valence-electron chi connectivity index (χ0n) is 18.3. The van der Waals surface area contributed by atoms with E-state index in [9.17, 15) is 5.11 Å². The van der Waals surface area contributed by atoms with Crippen molar-refractivity contribution in [1.82, 2.24) is 0 Å². The summed E-state index contributed by atoms with van der Waals surface area (Å²) in [5.74, 6) is 1.81. The van der Waals surface area contributed by atoms with Gasteiger partial charge in [-0.05, 0) is 53.6 Å². The van der Waals surface area contributed by atoms with Gasteiger partial charge in [-0.15, -0.1) is 12.4 Å². The number of nitrogens with one attached hydrogen (secondary N) is 1. The number of benzene rings is 3. The monoisotopic (exact) mass is 440 g/mol. The molecule has 2 N–H and O–H groups in total. The first-order valence-corrected chi connectivity index (χ1v) is 9.73. The molecule has 0 saturated heterocycles. The maximum Gasteiger partial charge on any atom is 0.123 e. The van der Waals surface area contributed by atoms with Crippen LogP contribution >= 0.6 is 12.4 Å². The predicted octanol–water partition coefficient (Wildman–Crippen LogP) is 5.68. The standard InChI is InChI=1S/C25H28N2O3.ClH/c1-27(2)22-11-12-25(28)20(15-22)17-26-21-9-7-18(8-10-21)5-6-19-13-23(29-3)16-24(14-19)30-4;/h5-16,26,28H,17H2,1-4H3;1H/b6-5+;. The van der Waals surface area contributed by atoms with Crippen LogP contribution in [-0.2, 0) is 6.54 Å². The highest BCUT2D eigenvalue weighted by Crippen LogP contribution is 2.25. The first kappa shape index (κ1) is 24.0. The van der Waals surface area contributed by atoms with Crippen molar-refractivity contribution >= 4 is 35.9 Å². The lowest BCUT2D eigenvalue weighted by molar-refractivity contribution is 0.394. The third-order valence-corrected chi connectivity index (χ3v) is 4.82. The molecule has 5 nitrogen and oxygen atoms in total. The molecule has 0 unspecified atom stereocenters. The lowest BCUT2D eigenvalue weighted by Crippen LogP contribution is -2.09. The minimum Gasteiger partial charge on any atom is -0.508 e. The van der Waals surface area contributed by atoms with Crippen LogP contribution in [0.5, 0.6) is 17.2 Å². The van der Waals surface area contributed by atoms with Crippen LogP contribution in [0.3, 0.4) is 0 Å². The second kappa shape index (κ2) is 11.2. The van der Waals surface area contributed by atoms with E-state index in [-0.39, 0.29) is 12.4 Å². The van der Waals surface area contributed by atoms with Gasteiger partial charge in [-0.3, -0.25) is 0 Å². The van der Waals surface area contributed by atoms with Crippen molar-refractivity contribution in [1.29, 1.82) is 0 Å². The minimum atomic E-state index is 0. The molecule has 0 aliphatic rings. The molecule has 31 heavy (non-hydrogen) atoms. The first-order valence-electron chi connectivity index (χ1n) is 9.73. The number of rotatable bonds is 8. The summed E-state index contributed by atoms with van der Waals surface area (Å²) in [6, 6.07) is 19.5. The molecule has 0 fully saturated rings. The van der Waals surface area contributed by atoms with E-state index in [1.54, 1.807) is 20.3 Å². The van der Waals surface area contributed by atoms with Gasteiger partial charge in [-0.25, -0.2) is 0 Å². The van der Waals surface area contributed by atoms with Crippen LogP contribution in [0.2, 0.25) is 0 Å². The Morgan fingerprint density at radius 1 is 0.839 bits per heavy atom. The van der Waals surface area contributed by atoms with Crippen molar-refractivity contribution in [2.45, 2.75) is 6.54 Å². The van der Waals surface area contributed by atoms with Crippen molar-refractivity contribution in [3.8, 4) is 17.2 Å². The molecule has 0 heterocycles. The number of halogens is 1. The van der Waals surface area contributed by atoms with Crippen LogP contribution in [-0.4, -0.2) is 33.4 Å². The zero-order valence-corrected chi connectivity index (χ0v) is 19.1. The van der Waals surface area contributed by atoms with E-state index in [4.69, 9.17) is 9.47 Å². The molecule has 3 aromatic rings. The number of anilines is 2. The predicted molar refractivity (Wildman–Crippen MR) is 132 cm³/mol. The lowest BCUT2D eigenvalue weighted by Gasteiger charge is -2.15. The summed E-state index contributed by atoms with van der Waals surface area (Å²) in [4.78, 5) is 2.02. The molecule has 0 bridgehead atoms. The van der Waals surface area contributed by atoms with Gasteiger partial charge in [0.25, 0.3) is 0 Å². The van der Waals surface area contributed by atoms with Gasteiger partial charge in [0.1, 0.15) is 17.2 Å². The largest absolute Gasteiger partial charge is 0.508 e. The highest BCUT2D eigenvalue weighted by molar-refractivity contribution is 5.85. The fourth-order valence-corrected chi connectivity index (χ4v) is 3.02. The summed E-state index contributed by atoms with van der Waals surface area (Å²) in [6.07, 6.45) is 4.07. The SMILES string of the molecule is COc1cc(/C=C/c2ccc(NCc3cc(N(C)C)ccc3O)cc2)cc(OC)c1.Cl. The number of hydrogen-bond donors (Lipinski definition) is 2. The average Bonchev–Trinajstić information content (AvgIpc) is 2.77. The van der Waals surface area contributed by atoms with Gasteiger partial charge < -0.3 is 24.8 Å². The van der Waals surface area contributed by atoms with E-state index >= 15 is 0 Å². The van der Waals surface area contributed by atoms with Gasteiger partial charge in [0.05, 0.1) is 14.2 Å². The molecular weight excluding hydrogens is 412 g/mol. The van der Waals surface area contributed by atoms with Gasteiger partial charge in [0.2, 0.25) is 0 Å². The Morgan fingerprint density at radius 2 is 1.45 bits per heavy atom. The molecule has 3 rings (SSSR count). The summed E-state index contributed by atoms with van der Waals surface area (Å²) >= 11 is 0. The van der Waals surface area contributed by atoms with E-state index in [0.717, 1.165) is 39.6 Å². The molecule has 0 aromatic heterocycles. The number of aromatic hydroxyl groups is 1. The van der Waals surface area contributed by atoms with Gasteiger partial charge >= 0.3 is 0 Å². The summed E-state index contributed by atoms with van der Waals surface area (Å²) in [6.45, 7) is 0.548. The van der Waals surface area contributed by atoms with E-state index in [1.165, 1.54) is 0 Å². The summed E-state index contributed by atoms with van der Waals surface area (Å²) in [5, 5.41) is 13.5. The van der Waals surface area contributed by atoms with Crippen molar-refractivity contribution in [2.75, 3.05) is 38.5 Å². The second-order valence-corrected chi connectivity index (χ2v) is 7.16. The van der Waals surface area contributed by atoms with E-state index in [2.05, 4.69) is 5.32 Å². The Hall–Kier alpha value is -3.31. The second-order valence-electron chi connectivity index (χ2n) is 7.16. The molecule has 0 radical (unpaired) electrons. The molecule has 0 atom stereocenters. The molecular formula is C25H29ClN2O3. The van der Waals surface area contributed by atoms with Gasteiger partial charge in [-0.1, -0.05) is 24.3 Å². The fraction of sp³-hybridized carbons (Fsp3) is 0.200. The molecule has 0 aliphatic carbocycles. The van der Waals surface area contributed by atoms with Crippen molar-refractivity contribution in [3.63, 3.8) is 0 Å². The minimum absolute atomic E-state index is 0. The molecule has 164 valence electrons. The lowest BCUT2D eigenvalue weighted by atomic mass is 10.1. The Balaban J connectivity index is 0.00000341.